The maximum Gasteiger partial charge on any atom is 0.419 e. The standard InChI is InChI=1S/C23H31F4N7O/c1-13(2)33-8-10-34(11-9-33)18(28)12-16-20(29)22(35)32(4)31-21(16)30-14(3)15-6-5-7-17(19(15)24)23(25,26)27/h5-7,12-14H,8-11,28-29H2,1-4H3,(H,30,31)/p+1/b18-12+/t14-/m1/s1. The fraction of sp³-hybridized carbons (Fsp3) is 0.478. The molecule has 1 atom stereocenters. The van der Waals surface area contributed by atoms with Crippen molar-refractivity contribution in [3.8, 4) is 0 Å². The lowest BCUT2D eigenvalue weighted by Crippen LogP contribution is -2.49. The van der Waals surface area contributed by atoms with E-state index in [1.165, 1.54) is 20.0 Å². The predicted octanol–water partition coefficient (Wildman–Crippen LogP) is 2.40. The second-order valence-electron chi connectivity index (χ2n) is 8.94. The highest BCUT2D eigenvalue weighted by molar-refractivity contribution is 5.72. The van der Waals surface area contributed by atoms with Crippen LogP contribution in [0.2, 0.25) is 0 Å². The molecule has 192 valence electrons. The van der Waals surface area contributed by atoms with Crippen LogP contribution in [0.1, 0.15) is 43.5 Å². The highest BCUT2D eigenvalue weighted by Crippen LogP contribution is 2.34. The van der Waals surface area contributed by atoms with Crippen molar-refractivity contribution >= 4 is 17.6 Å². The summed E-state index contributed by atoms with van der Waals surface area (Å²) in [4.78, 5) is 16.8. The van der Waals surface area contributed by atoms with Gasteiger partial charge in [-0.25, -0.2) is 4.39 Å². The van der Waals surface area contributed by atoms with Gasteiger partial charge >= 0.3 is 17.6 Å². The quantitative estimate of drug-likeness (QED) is 0.528. The highest BCUT2D eigenvalue weighted by Gasteiger charge is 2.36. The normalized spacial score (nSPS) is 16.6. The number of halogens is 4. The van der Waals surface area contributed by atoms with Gasteiger partial charge in [-0.05, 0) is 32.9 Å². The Bertz CT molecular complexity index is 1150. The number of nitrogens with zero attached hydrogens (tertiary/aromatic N) is 3. The summed E-state index contributed by atoms with van der Waals surface area (Å²) in [5.41, 5.74) is 10.6. The van der Waals surface area contributed by atoms with E-state index in [0.29, 0.717) is 31.0 Å². The van der Waals surface area contributed by atoms with Gasteiger partial charge < -0.3 is 16.4 Å². The fourth-order valence-corrected chi connectivity index (χ4v) is 4.10. The van der Waals surface area contributed by atoms with Gasteiger partial charge in [-0.3, -0.25) is 15.0 Å². The molecule has 3 rings (SSSR count). The van der Waals surface area contributed by atoms with E-state index < -0.39 is 29.2 Å². The molecule has 0 amide bonds. The number of nitrogen functional groups attached to an aromatic ring is 1. The van der Waals surface area contributed by atoms with E-state index in [4.69, 9.17) is 11.5 Å². The SMILES string of the molecule is CC(C)N1CCN(/C(N)=C/c2c(N[C@H](C)c3cccc(C(F)(F)F)c3F)[nH+]n(C)c(=O)c2N)CC1. The van der Waals surface area contributed by atoms with Crippen molar-refractivity contribution < 1.29 is 22.7 Å². The van der Waals surface area contributed by atoms with Gasteiger partial charge in [0, 0.05) is 37.8 Å². The molecule has 2 heterocycles. The number of alkyl halides is 3. The lowest BCUT2D eigenvalue weighted by molar-refractivity contribution is -0.478. The van der Waals surface area contributed by atoms with Crippen LogP contribution < -0.4 is 27.4 Å². The van der Waals surface area contributed by atoms with Crippen LogP contribution in [0.5, 0.6) is 0 Å². The van der Waals surface area contributed by atoms with Crippen LogP contribution in [0.25, 0.3) is 6.08 Å². The summed E-state index contributed by atoms with van der Waals surface area (Å²) in [6, 6.07) is 2.63. The summed E-state index contributed by atoms with van der Waals surface area (Å²) in [7, 11) is 1.45. The molecule has 1 aromatic heterocycles. The maximum atomic E-state index is 14.7. The molecule has 0 unspecified atom stereocenters. The number of nitrogens with one attached hydrogen (secondary N) is 2. The first-order valence-corrected chi connectivity index (χ1v) is 11.3. The topological polar surface area (TPSA) is 107 Å². The Balaban J connectivity index is 1.95. The molecule has 0 saturated carbocycles. The maximum absolute atomic E-state index is 14.7. The average molecular weight is 499 g/mol. The number of nitrogens with two attached hydrogens (primary N) is 2. The molecule has 1 aliphatic heterocycles. The van der Waals surface area contributed by atoms with Gasteiger partial charge in [0.15, 0.2) is 0 Å². The first kappa shape index (κ1) is 26.3. The Morgan fingerprint density at radius 1 is 1.17 bits per heavy atom. The van der Waals surface area contributed by atoms with Gasteiger partial charge in [0.2, 0.25) is 0 Å². The van der Waals surface area contributed by atoms with Gasteiger partial charge in [0.25, 0.3) is 0 Å². The lowest BCUT2D eigenvalue weighted by atomic mass is 10.0. The van der Waals surface area contributed by atoms with Gasteiger partial charge in [0.1, 0.15) is 17.5 Å². The lowest BCUT2D eigenvalue weighted by Gasteiger charge is -2.38. The van der Waals surface area contributed by atoms with E-state index in [-0.39, 0.29) is 22.6 Å². The van der Waals surface area contributed by atoms with Crippen LogP contribution in [-0.2, 0) is 13.2 Å². The van der Waals surface area contributed by atoms with E-state index in [9.17, 15) is 22.4 Å². The van der Waals surface area contributed by atoms with Crippen molar-refractivity contribution in [1.82, 2.24) is 14.5 Å². The molecule has 35 heavy (non-hydrogen) atoms. The smallest absolute Gasteiger partial charge is 0.393 e. The Labute approximate surface area is 201 Å². The van der Waals surface area contributed by atoms with Crippen LogP contribution >= 0.6 is 0 Å². The summed E-state index contributed by atoms with van der Waals surface area (Å²) in [5.74, 6) is -0.752. The number of hydrogen-bond acceptors (Lipinski definition) is 6. The van der Waals surface area contributed by atoms with Crippen molar-refractivity contribution in [3.05, 3.63) is 56.9 Å². The summed E-state index contributed by atoms with van der Waals surface area (Å²) in [5, 5.41) is 5.78. The van der Waals surface area contributed by atoms with Crippen LogP contribution in [0.15, 0.2) is 28.8 Å². The van der Waals surface area contributed by atoms with Crippen LogP contribution in [0.3, 0.4) is 0 Å². The van der Waals surface area contributed by atoms with Crippen molar-refractivity contribution in [2.24, 2.45) is 12.8 Å². The second-order valence-corrected chi connectivity index (χ2v) is 8.94. The zero-order chi connectivity index (χ0) is 26.1. The Hall–Kier alpha value is -3.28. The minimum absolute atomic E-state index is 0.103. The molecule has 12 heteroatoms. The first-order chi connectivity index (χ1) is 16.3. The van der Waals surface area contributed by atoms with E-state index in [0.717, 1.165) is 23.8 Å². The van der Waals surface area contributed by atoms with E-state index in [1.54, 1.807) is 6.08 Å². The summed E-state index contributed by atoms with van der Waals surface area (Å²) in [6.07, 6.45) is -3.27. The Morgan fingerprint density at radius 3 is 2.37 bits per heavy atom. The number of piperazine rings is 1. The highest BCUT2D eigenvalue weighted by atomic mass is 19.4. The third-order valence-electron chi connectivity index (χ3n) is 6.24. The molecule has 0 aliphatic carbocycles. The van der Waals surface area contributed by atoms with Crippen LogP contribution in [-0.4, -0.2) is 46.7 Å². The molecule has 1 aliphatic rings. The molecule has 6 N–H and O–H groups in total. The van der Waals surface area contributed by atoms with Crippen LogP contribution in [0, 0.1) is 5.82 Å². The van der Waals surface area contributed by atoms with Gasteiger partial charge in [-0.15, -0.1) is 0 Å². The van der Waals surface area contributed by atoms with Crippen LogP contribution in [0.4, 0.5) is 29.1 Å². The van der Waals surface area contributed by atoms with Crippen molar-refractivity contribution in [1.29, 1.82) is 0 Å². The number of anilines is 2. The third kappa shape index (κ3) is 5.69. The molecular weight excluding hydrogens is 466 g/mol. The Kier molecular flexibility index (Phi) is 7.63. The molecule has 1 aromatic carbocycles. The van der Waals surface area contributed by atoms with E-state index in [1.807, 2.05) is 4.90 Å². The predicted molar refractivity (Wildman–Crippen MR) is 127 cm³/mol. The second kappa shape index (κ2) is 10.1. The average Bonchev–Trinajstić information content (AvgIpc) is 2.79. The van der Waals surface area contributed by atoms with Gasteiger partial charge in [-0.2, -0.15) is 23.0 Å². The molecule has 0 bridgehead atoms. The summed E-state index contributed by atoms with van der Waals surface area (Å²) in [6.45, 7) is 8.76. The Morgan fingerprint density at radius 2 is 1.80 bits per heavy atom. The minimum Gasteiger partial charge on any atom is -0.393 e. The number of aromatic nitrogens is 2. The van der Waals surface area contributed by atoms with Gasteiger partial charge in [0.05, 0.1) is 24.0 Å². The molecule has 0 radical (unpaired) electrons. The number of benzene rings is 1. The molecule has 1 saturated heterocycles. The van der Waals surface area contributed by atoms with Crippen molar-refractivity contribution in [2.45, 2.75) is 39.0 Å². The minimum atomic E-state index is -4.82. The molecule has 1 fully saturated rings. The number of aromatic amines is 1. The molecule has 0 spiro atoms. The summed E-state index contributed by atoms with van der Waals surface area (Å²) >= 11 is 0. The number of rotatable bonds is 6. The molecule has 2 aromatic rings. The van der Waals surface area contributed by atoms with Gasteiger partial charge in [-0.1, -0.05) is 12.1 Å². The zero-order valence-corrected chi connectivity index (χ0v) is 20.2. The number of hydrogen-bond donors (Lipinski definition) is 3. The third-order valence-corrected chi connectivity index (χ3v) is 6.24. The summed E-state index contributed by atoms with van der Waals surface area (Å²) < 4.78 is 55.3. The molecular formula is C23H32F4N7O+. The number of H-pyrrole nitrogens is 1. The number of aryl methyl sites for hydroxylation is 1. The van der Waals surface area contributed by atoms with Crippen molar-refractivity contribution in [3.63, 3.8) is 0 Å². The zero-order valence-electron chi connectivity index (χ0n) is 20.2. The van der Waals surface area contributed by atoms with Crippen molar-refractivity contribution in [2.75, 3.05) is 37.2 Å². The van der Waals surface area contributed by atoms with E-state index >= 15 is 0 Å². The fourth-order valence-electron chi connectivity index (χ4n) is 4.10. The monoisotopic (exact) mass is 498 g/mol. The molecule has 8 nitrogen and oxygen atoms in total. The first-order valence-electron chi connectivity index (χ1n) is 11.3. The largest absolute Gasteiger partial charge is 0.419 e. The van der Waals surface area contributed by atoms with E-state index in [2.05, 4.69) is 29.2 Å².